The minimum Gasteiger partial charge on any atom is -0.474 e. The van der Waals surface area contributed by atoms with Gasteiger partial charge in [-0.1, -0.05) is 0 Å². The number of sulfonamides is 1. The topological polar surface area (TPSA) is 144 Å². The third kappa shape index (κ3) is 7.05. The van der Waals surface area contributed by atoms with Crippen molar-refractivity contribution in [1.82, 2.24) is 19.9 Å². The molecule has 3 aromatic heterocycles. The fourth-order valence-corrected chi connectivity index (χ4v) is 5.98. The first-order valence-corrected chi connectivity index (χ1v) is 16.0. The van der Waals surface area contributed by atoms with Crippen LogP contribution < -0.4 is 24.6 Å². The number of anilines is 4. The summed E-state index contributed by atoms with van der Waals surface area (Å²) in [6.07, 6.45) is 9.82. The number of rotatable bonds is 8. The Balaban J connectivity index is 1.13. The molecule has 220 valence electrons. The van der Waals surface area contributed by atoms with Crippen molar-refractivity contribution in [1.29, 1.82) is 0 Å². The van der Waals surface area contributed by atoms with Crippen molar-refractivity contribution in [3.05, 3.63) is 30.7 Å². The Hall–Kier alpha value is -3.49. The Morgan fingerprint density at radius 2 is 1.54 bits per heavy atom. The third-order valence-electron chi connectivity index (χ3n) is 7.57. The number of fused-ring (bicyclic) bond motifs is 1. The number of morpholine rings is 2. The van der Waals surface area contributed by atoms with Gasteiger partial charge in [0.15, 0.2) is 0 Å². The smallest absolute Gasteiger partial charge is 0.229 e. The van der Waals surface area contributed by atoms with Crippen LogP contribution in [0.25, 0.3) is 10.9 Å². The molecule has 3 aliphatic rings. The van der Waals surface area contributed by atoms with E-state index in [1.807, 2.05) is 18.5 Å². The quantitative estimate of drug-likeness (QED) is 0.401. The summed E-state index contributed by atoms with van der Waals surface area (Å²) < 4.78 is 43.6. The summed E-state index contributed by atoms with van der Waals surface area (Å²) in [4.78, 5) is 22.9. The molecule has 14 heteroatoms. The van der Waals surface area contributed by atoms with Crippen molar-refractivity contribution in [2.75, 3.05) is 78.7 Å². The van der Waals surface area contributed by atoms with Gasteiger partial charge in [-0.3, -0.25) is 9.71 Å². The Morgan fingerprint density at radius 3 is 2.20 bits per heavy atom. The standard InChI is InChI=1S/C27H36N8O5S/c1-41(36,37)33-20-14-23-24(28-16-20)15-25(35-8-12-39-13-9-35)32-26(23)40-22-4-2-19(3-5-22)31-27-29-17-21(18-30-27)34-6-10-38-11-7-34/h14-19,22,33H,2-13H2,1H3,(H,29,30,31). The van der Waals surface area contributed by atoms with Gasteiger partial charge >= 0.3 is 0 Å². The van der Waals surface area contributed by atoms with Crippen molar-refractivity contribution in [2.24, 2.45) is 0 Å². The van der Waals surface area contributed by atoms with Crippen molar-refractivity contribution >= 4 is 44.1 Å². The van der Waals surface area contributed by atoms with E-state index in [2.05, 4.69) is 34.8 Å². The molecule has 41 heavy (non-hydrogen) atoms. The van der Waals surface area contributed by atoms with E-state index in [9.17, 15) is 8.42 Å². The van der Waals surface area contributed by atoms with Crippen molar-refractivity contribution in [3.63, 3.8) is 0 Å². The molecule has 2 aliphatic heterocycles. The van der Waals surface area contributed by atoms with Crippen LogP contribution in [0.1, 0.15) is 25.7 Å². The van der Waals surface area contributed by atoms with E-state index in [4.69, 9.17) is 19.2 Å². The molecule has 13 nitrogen and oxygen atoms in total. The molecule has 3 aromatic rings. The highest BCUT2D eigenvalue weighted by molar-refractivity contribution is 7.92. The van der Waals surface area contributed by atoms with Gasteiger partial charge in [-0.2, -0.15) is 4.98 Å². The zero-order chi connectivity index (χ0) is 28.2. The summed E-state index contributed by atoms with van der Waals surface area (Å²) in [5.41, 5.74) is 2.08. The average Bonchev–Trinajstić information content (AvgIpc) is 2.99. The molecule has 1 saturated carbocycles. The summed E-state index contributed by atoms with van der Waals surface area (Å²) in [7, 11) is -3.45. The molecule has 2 N–H and O–H groups in total. The number of nitrogens with one attached hydrogen (secondary N) is 2. The SMILES string of the molecule is CS(=O)(=O)Nc1cnc2cc(N3CCOCC3)nc(OC3CCC(Nc4ncc(N5CCOCC5)cn4)CC3)c2c1. The van der Waals surface area contributed by atoms with E-state index < -0.39 is 10.0 Å². The van der Waals surface area contributed by atoms with E-state index in [-0.39, 0.29) is 12.1 Å². The van der Waals surface area contributed by atoms with Crippen LogP contribution in [0.15, 0.2) is 30.7 Å². The molecular weight excluding hydrogens is 548 g/mol. The predicted molar refractivity (Wildman–Crippen MR) is 156 cm³/mol. The lowest BCUT2D eigenvalue weighted by Crippen LogP contribution is -2.37. The highest BCUT2D eigenvalue weighted by Crippen LogP contribution is 2.33. The van der Waals surface area contributed by atoms with Gasteiger partial charge in [0.1, 0.15) is 11.9 Å². The van der Waals surface area contributed by atoms with Crippen molar-refractivity contribution in [3.8, 4) is 5.88 Å². The Morgan fingerprint density at radius 1 is 0.878 bits per heavy atom. The molecule has 0 atom stereocenters. The number of hydrogen-bond acceptors (Lipinski definition) is 12. The summed E-state index contributed by atoms with van der Waals surface area (Å²) in [5.74, 6) is 1.88. The second kappa shape index (κ2) is 12.2. The van der Waals surface area contributed by atoms with Crippen LogP contribution in [-0.2, 0) is 19.5 Å². The van der Waals surface area contributed by atoms with Crippen molar-refractivity contribution < 1.29 is 22.6 Å². The lowest BCUT2D eigenvalue weighted by molar-refractivity contribution is 0.122. The van der Waals surface area contributed by atoms with Gasteiger partial charge in [0, 0.05) is 38.3 Å². The zero-order valence-electron chi connectivity index (χ0n) is 23.2. The zero-order valence-corrected chi connectivity index (χ0v) is 24.0. The van der Waals surface area contributed by atoms with Gasteiger partial charge in [0.25, 0.3) is 0 Å². The lowest BCUT2D eigenvalue weighted by Gasteiger charge is -2.31. The lowest BCUT2D eigenvalue weighted by atomic mass is 9.93. The van der Waals surface area contributed by atoms with E-state index in [1.165, 1.54) is 6.20 Å². The molecule has 5 heterocycles. The van der Waals surface area contributed by atoms with Gasteiger partial charge in [-0.05, 0) is 31.7 Å². The van der Waals surface area contributed by atoms with E-state index >= 15 is 0 Å². The fraction of sp³-hybridized carbons (Fsp3) is 0.556. The summed E-state index contributed by atoms with van der Waals surface area (Å²) in [5, 5.41) is 4.15. The van der Waals surface area contributed by atoms with Gasteiger partial charge in [0.2, 0.25) is 21.9 Å². The molecule has 1 aliphatic carbocycles. The third-order valence-corrected chi connectivity index (χ3v) is 8.18. The highest BCUT2D eigenvalue weighted by Gasteiger charge is 2.25. The maximum atomic E-state index is 11.8. The van der Waals surface area contributed by atoms with Crippen LogP contribution in [0.5, 0.6) is 5.88 Å². The molecule has 3 fully saturated rings. The minimum atomic E-state index is -3.45. The number of nitrogens with zero attached hydrogens (tertiary/aromatic N) is 6. The van der Waals surface area contributed by atoms with Crippen molar-refractivity contribution in [2.45, 2.75) is 37.8 Å². The van der Waals surface area contributed by atoms with Crippen LogP contribution in [0.2, 0.25) is 0 Å². The van der Waals surface area contributed by atoms with Crippen LogP contribution in [0, 0.1) is 0 Å². The van der Waals surface area contributed by atoms with Gasteiger partial charge in [0.05, 0.1) is 73.6 Å². The molecule has 0 radical (unpaired) electrons. The van der Waals surface area contributed by atoms with Crippen LogP contribution in [0.4, 0.5) is 23.1 Å². The van der Waals surface area contributed by atoms with E-state index in [0.717, 1.165) is 82.8 Å². The Kier molecular flexibility index (Phi) is 8.21. The molecule has 0 aromatic carbocycles. The predicted octanol–water partition coefficient (Wildman–Crippen LogP) is 2.27. The van der Waals surface area contributed by atoms with Gasteiger partial charge in [-0.15, -0.1) is 0 Å². The van der Waals surface area contributed by atoms with E-state index in [1.54, 1.807) is 6.07 Å². The Bertz CT molecular complexity index is 1440. The first-order chi connectivity index (χ1) is 19.9. The molecular formula is C27H36N8O5S. The molecule has 0 bridgehead atoms. The van der Waals surface area contributed by atoms with Gasteiger partial charge < -0.3 is 29.3 Å². The Labute approximate surface area is 239 Å². The molecule has 0 spiro atoms. The fourth-order valence-electron chi connectivity index (χ4n) is 5.44. The minimum absolute atomic E-state index is 0.0279. The summed E-state index contributed by atoms with van der Waals surface area (Å²) >= 11 is 0. The number of hydrogen-bond donors (Lipinski definition) is 2. The number of ether oxygens (including phenoxy) is 3. The molecule has 0 amide bonds. The van der Waals surface area contributed by atoms with Crippen LogP contribution in [-0.4, -0.2) is 99.4 Å². The monoisotopic (exact) mass is 584 g/mol. The average molecular weight is 585 g/mol. The maximum Gasteiger partial charge on any atom is 0.229 e. The van der Waals surface area contributed by atoms with E-state index in [0.29, 0.717) is 41.6 Å². The van der Waals surface area contributed by atoms with Crippen LogP contribution in [0.3, 0.4) is 0 Å². The highest BCUT2D eigenvalue weighted by atomic mass is 32.2. The molecule has 6 rings (SSSR count). The largest absolute Gasteiger partial charge is 0.474 e. The first kappa shape index (κ1) is 27.7. The normalized spacial score (nSPS) is 22.0. The number of pyridine rings is 2. The summed E-state index contributed by atoms with van der Waals surface area (Å²) in [6, 6.07) is 3.91. The first-order valence-electron chi connectivity index (χ1n) is 14.1. The summed E-state index contributed by atoms with van der Waals surface area (Å²) in [6.45, 7) is 5.90. The molecule has 0 unspecified atom stereocenters. The number of aromatic nitrogens is 4. The van der Waals surface area contributed by atoms with Gasteiger partial charge in [-0.25, -0.2) is 18.4 Å². The second-order valence-corrected chi connectivity index (χ2v) is 12.4. The second-order valence-electron chi connectivity index (χ2n) is 10.7. The molecule has 2 saturated heterocycles. The maximum absolute atomic E-state index is 11.8. The van der Waals surface area contributed by atoms with Crippen LogP contribution >= 0.6 is 0 Å².